The van der Waals surface area contributed by atoms with Crippen LogP contribution < -0.4 is 20.1 Å². The van der Waals surface area contributed by atoms with Crippen LogP contribution in [-0.2, 0) is 9.59 Å². The van der Waals surface area contributed by atoms with Crippen LogP contribution in [0.3, 0.4) is 0 Å². The maximum atomic E-state index is 12.5. The molecular formula is C20H20N2O4S. The molecule has 2 N–H and O–H groups in total. The number of anilines is 2. The van der Waals surface area contributed by atoms with Crippen molar-refractivity contribution in [3.05, 3.63) is 42.5 Å². The smallest absolute Gasteiger partial charge is 0.237 e. The fourth-order valence-corrected chi connectivity index (χ4v) is 3.55. The molecular weight excluding hydrogens is 364 g/mol. The summed E-state index contributed by atoms with van der Waals surface area (Å²) in [6.07, 6.45) is 1.96. The number of thioether (sulfide) groups is 1. The summed E-state index contributed by atoms with van der Waals surface area (Å²) in [5.41, 5.74) is 1.46. The second-order valence-corrected chi connectivity index (χ2v) is 8.02. The lowest BCUT2D eigenvalue weighted by Crippen LogP contribution is -2.22. The van der Waals surface area contributed by atoms with Gasteiger partial charge in [-0.25, -0.2) is 0 Å². The van der Waals surface area contributed by atoms with Gasteiger partial charge in [0.25, 0.3) is 0 Å². The molecule has 27 heavy (non-hydrogen) atoms. The molecule has 2 aliphatic rings. The van der Waals surface area contributed by atoms with E-state index in [-0.39, 0.29) is 29.8 Å². The highest BCUT2D eigenvalue weighted by Crippen LogP contribution is 2.35. The van der Waals surface area contributed by atoms with Crippen molar-refractivity contribution in [2.24, 2.45) is 5.92 Å². The van der Waals surface area contributed by atoms with E-state index in [4.69, 9.17) is 9.47 Å². The second-order valence-electron chi connectivity index (χ2n) is 6.61. The van der Waals surface area contributed by atoms with Crippen LogP contribution in [0.2, 0.25) is 0 Å². The SMILES string of the molecule is CC(Sc1ccc(NC(=O)C2CC2)cc1)C(=O)Nc1ccc2c(c1)OCO2. The Morgan fingerprint density at radius 3 is 2.44 bits per heavy atom. The molecule has 2 aromatic carbocycles. The standard InChI is InChI=1S/C20H20N2O4S/c1-12(19(23)22-15-6-9-17-18(10-15)26-11-25-17)27-16-7-4-14(5-8-16)21-20(24)13-2-3-13/h4-10,12-13H,2-3,11H2,1H3,(H,21,24)(H,22,23). The van der Waals surface area contributed by atoms with Gasteiger partial charge in [-0.1, -0.05) is 0 Å². The Hall–Kier alpha value is -2.67. The van der Waals surface area contributed by atoms with E-state index >= 15 is 0 Å². The highest BCUT2D eigenvalue weighted by Gasteiger charge is 2.29. The van der Waals surface area contributed by atoms with E-state index in [0.29, 0.717) is 17.2 Å². The minimum atomic E-state index is -0.276. The zero-order valence-corrected chi connectivity index (χ0v) is 15.7. The molecule has 7 heteroatoms. The van der Waals surface area contributed by atoms with Gasteiger partial charge < -0.3 is 20.1 Å². The summed E-state index contributed by atoms with van der Waals surface area (Å²) in [5, 5.41) is 5.53. The summed E-state index contributed by atoms with van der Waals surface area (Å²) < 4.78 is 10.6. The highest BCUT2D eigenvalue weighted by molar-refractivity contribution is 8.00. The summed E-state index contributed by atoms with van der Waals surface area (Å²) in [7, 11) is 0. The molecule has 140 valence electrons. The van der Waals surface area contributed by atoms with Crippen molar-refractivity contribution >= 4 is 35.0 Å². The molecule has 1 unspecified atom stereocenters. The van der Waals surface area contributed by atoms with Crippen LogP contribution in [0, 0.1) is 5.92 Å². The minimum Gasteiger partial charge on any atom is -0.454 e. The zero-order chi connectivity index (χ0) is 18.8. The van der Waals surface area contributed by atoms with Gasteiger partial charge in [0, 0.05) is 28.3 Å². The Morgan fingerprint density at radius 1 is 1.00 bits per heavy atom. The molecule has 0 bridgehead atoms. The third kappa shape index (κ3) is 4.36. The van der Waals surface area contributed by atoms with Gasteiger partial charge in [-0.05, 0) is 56.2 Å². The highest BCUT2D eigenvalue weighted by atomic mass is 32.2. The first-order chi connectivity index (χ1) is 13.1. The molecule has 0 aromatic heterocycles. The molecule has 1 saturated carbocycles. The van der Waals surface area contributed by atoms with E-state index in [1.54, 1.807) is 18.2 Å². The van der Waals surface area contributed by atoms with Gasteiger partial charge in [-0.2, -0.15) is 0 Å². The predicted molar refractivity (Wildman–Crippen MR) is 104 cm³/mol. The average molecular weight is 384 g/mol. The van der Waals surface area contributed by atoms with E-state index in [9.17, 15) is 9.59 Å². The van der Waals surface area contributed by atoms with Crippen LogP contribution >= 0.6 is 11.8 Å². The second kappa shape index (κ2) is 7.52. The van der Waals surface area contributed by atoms with Crippen molar-refractivity contribution in [2.45, 2.75) is 29.9 Å². The van der Waals surface area contributed by atoms with Gasteiger partial charge in [0.1, 0.15) is 0 Å². The lowest BCUT2D eigenvalue weighted by atomic mass is 10.2. The van der Waals surface area contributed by atoms with Gasteiger partial charge in [-0.3, -0.25) is 9.59 Å². The molecule has 2 aromatic rings. The van der Waals surface area contributed by atoms with Crippen molar-refractivity contribution in [1.29, 1.82) is 0 Å². The fourth-order valence-electron chi connectivity index (χ4n) is 2.68. The Balaban J connectivity index is 1.31. The van der Waals surface area contributed by atoms with Gasteiger partial charge in [0.05, 0.1) is 5.25 Å². The molecule has 1 fully saturated rings. The summed E-state index contributed by atoms with van der Waals surface area (Å²) in [6.45, 7) is 2.06. The molecule has 6 nitrogen and oxygen atoms in total. The monoisotopic (exact) mass is 384 g/mol. The Labute approximate surface area is 161 Å². The summed E-state index contributed by atoms with van der Waals surface area (Å²) >= 11 is 1.46. The number of ether oxygens (including phenoxy) is 2. The van der Waals surface area contributed by atoms with Gasteiger partial charge >= 0.3 is 0 Å². The van der Waals surface area contributed by atoms with E-state index in [2.05, 4.69) is 10.6 Å². The van der Waals surface area contributed by atoms with Crippen molar-refractivity contribution < 1.29 is 19.1 Å². The first kappa shape index (κ1) is 17.7. The van der Waals surface area contributed by atoms with Gasteiger partial charge in [0.2, 0.25) is 18.6 Å². The number of benzene rings is 2. The largest absolute Gasteiger partial charge is 0.454 e. The third-order valence-electron chi connectivity index (χ3n) is 4.39. The Kier molecular flexibility index (Phi) is 4.94. The number of hydrogen-bond donors (Lipinski definition) is 2. The molecule has 1 atom stereocenters. The number of carbonyl (C=O) groups excluding carboxylic acids is 2. The number of amides is 2. The van der Waals surface area contributed by atoms with Crippen molar-refractivity contribution in [1.82, 2.24) is 0 Å². The molecule has 1 heterocycles. The van der Waals surface area contributed by atoms with Crippen LogP contribution in [-0.4, -0.2) is 23.9 Å². The van der Waals surface area contributed by atoms with Crippen molar-refractivity contribution in [3.8, 4) is 11.5 Å². The minimum absolute atomic E-state index is 0.0897. The van der Waals surface area contributed by atoms with Gasteiger partial charge in [-0.15, -0.1) is 11.8 Å². The van der Waals surface area contributed by atoms with E-state index in [0.717, 1.165) is 23.4 Å². The Morgan fingerprint density at radius 2 is 1.70 bits per heavy atom. The number of carbonyl (C=O) groups is 2. The number of nitrogens with one attached hydrogen (secondary N) is 2. The average Bonchev–Trinajstić information content (AvgIpc) is 3.41. The molecule has 0 radical (unpaired) electrons. The van der Waals surface area contributed by atoms with Crippen LogP contribution in [0.5, 0.6) is 11.5 Å². The first-order valence-corrected chi connectivity index (χ1v) is 9.74. The maximum absolute atomic E-state index is 12.5. The van der Waals surface area contributed by atoms with Crippen LogP contribution in [0.25, 0.3) is 0 Å². The summed E-state index contributed by atoms with van der Waals surface area (Å²) in [5.74, 6) is 1.50. The number of hydrogen-bond acceptors (Lipinski definition) is 5. The third-order valence-corrected chi connectivity index (χ3v) is 5.50. The molecule has 4 rings (SSSR count). The van der Waals surface area contributed by atoms with Crippen LogP contribution in [0.4, 0.5) is 11.4 Å². The number of fused-ring (bicyclic) bond motifs is 1. The summed E-state index contributed by atoms with van der Waals surface area (Å²) in [6, 6.07) is 12.9. The van der Waals surface area contributed by atoms with Gasteiger partial charge in [0.15, 0.2) is 11.5 Å². The molecule has 0 spiro atoms. The number of rotatable bonds is 6. The van der Waals surface area contributed by atoms with E-state index < -0.39 is 0 Å². The van der Waals surface area contributed by atoms with Crippen LogP contribution in [0.15, 0.2) is 47.4 Å². The Bertz CT molecular complexity index is 865. The van der Waals surface area contributed by atoms with E-state index in [1.807, 2.05) is 31.2 Å². The zero-order valence-electron chi connectivity index (χ0n) is 14.9. The topological polar surface area (TPSA) is 76.7 Å². The predicted octanol–water partition coefficient (Wildman–Crippen LogP) is 3.88. The lowest BCUT2D eigenvalue weighted by Gasteiger charge is -2.13. The van der Waals surface area contributed by atoms with Crippen molar-refractivity contribution in [2.75, 3.05) is 17.4 Å². The van der Waals surface area contributed by atoms with Crippen molar-refractivity contribution in [3.63, 3.8) is 0 Å². The maximum Gasteiger partial charge on any atom is 0.237 e. The van der Waals surface area contributed by atoms with Crippen LogP contribution in [0.1, 0.15) is 19.8 Å². The first-order valence-electron chi connectivity index (χ1n) is 8.86. The molecule has 1 aliphatic carbocycles. The fraction of sp³-hybridized carbons (Fsp3) is 0.300. The normalized spacial score (nSPS) is 15.9. The molecule has 0 saturated heterocycles. The molecule has 1 aliphatic heterocycles. The molecule has 2 amide bonds. The quantitative estimate of drug-likeness (QED) is 0.739. The summed E-state index contributed by atoms with van der Waals surface area (Å²) in [4.78, 5) is 25.2. The van der Waals surface area contributed by atoms with E-state index in [1.165, 1.54) is 11.8 Å². The lowest BCUT2D eigenvalue weighted by molar-refractivity contribution is -0.117.